The summed E-state index contributed by atoms with van der Waals surface area (Å²) < 4.78 is 38.9. The maximum absolute atomic E-state index is 13.0. The monoisotopic (exact) mass is 285 g/mol. The summed E-state index contributed by atoms with van der Waals surface area (Å²) in [5, 5.41) is 7.20. The number of rotatable bonds is 3. The van der Waals surface area contributed by atoms with Crippen LogP contribution in [-0.2, 0) is 6.42 Å². The summed E-state index contributed by atoms with van der Waals surface area (Å²) in [6, 6.07) is 7.51. The molecule has 1 aromatic carbocycles. The molecule has 1 atom stereocenters. The van der Waals surface area contributed by atoms with Crippen molar-refractivity contribution in [2.24, 2.45) is 11.7 Å². The maximum Gasteiger partial charge on any atom is 0.400 e. The zero-order valence-electron chi connectivity index (χ0n) is 11.1. The molecule has 0 fully saturated rings. The lowest BCUT2D eigenvalue weighted by Crippen LogP contribution is -2.44. The molecule has 0 radical (unpaired) electrons. The largest absolute Gasteiger partial charge is 0.400 e. The standard InChI is InChI=1S/C14H18F3N3/c15-14(16,17)11(13(18)19)9-20-8-4-3-6-10-5-1-2-7-12(10)20/h1-2,5,7,11H,3-4,6,8-9H2,(H3,18,19). The van der Waals surface area contributed by atoms with E-state index in [0.29, 0.717) is 6.54 Å². The average molecular weight is 285 g/mol. The molecule has 0 aliphatic carbocycles. The van der Waals surface area contributed by atoms with Crippen molar-refractivity contribution in [2.45, 2.75) is 25.4 Å². The van der Waals surface area contributed by atoms with Crippen molar-refractivity contribution in [1.82, 2.24) is 0 Å². The molecule has 0 saturated carbocycles. The third-order valence-corrected chi connectivity index (χ3v) is 3.63. The van der Waals surface area contributed by atoms with Crippen molar-refractivity contribution < 1.29 is 13.2 Å². The van der Waals surface area contributed by atoms with Crippen LogP contribution >= 0.6 is 0 Å². The van der Waals surface area contributed by atoms with Gasteiger partial charge < -0.3 is 10.6 Å². The molecular formula is C14H18F3N3. The Hall–Kier alpha value is -1.72. The zero-order chi connectivity index (χ0) is 14.8. The van der Waals surface area contributed by atoms with Crippen molar-refractivity contribution in [3.05, 3.63) is 29.8 Å². The van der Waals surface area contributed by atoms with Gasteiger partial charge in [-0.2, -0.15) is 13.2 Å². The second kappa shape index (κ2) is 5.73. The molecule has 0 aromatic heterocycles. The van der Waals surface area contributed by atoms with Gasteiger partial charge in [0.05, 0.1) is 0 Å². The number of nitrogens with one attached hydrogen (secondary N) is 1. The van der Waals surface area contributed by atoms with Crippen LogP contribution < -0.4 is 10.6 Å². The van der Waals surface area contributed by atoms with Crippen LogP contribution in [0.25, 0.3) is 0 Å². The number of hydrogen-bond donors (Lipinski definition) is 2. The summed E-state index contributed by atoms with van der Waals surface area (Å²) >= 11 is 0. The van der Waals surface area contributed by atoms with Gasteiger partial charge in [0.15, 0.2) is 0 Å². The highest BCUT2D eigenvalue weighted by Crippen LogP contribution is 2.31. The fourth-order valence-electron chi connectivity index (χ4n) is 2.56. The van der Waals surface area contributed by atoms with Crippen molar-refractivity contribution >= 4 is 11.5 Å². The molecule has 6 heteroatoms. The number of aryl methyl sites for hydroxylation is 1. The lowest BCUT2D eigenvalue weighted by atomic mass is 10.1. The summed E-state index contributed by atoms with van der Waals surface area (Å²) in [5.41, 5.74) is 7.03. The number of fused-ring (bicyclic) bond motifs is 1. The summed E-state index contributed by atoms with van der Waals surface area (Å²) in [4.78, 5) is 1.71. The molecule has 0 bridgehead atoms. The third kappa shape index (κ3) is 3.23. The zero-order valence-corrected chi connectivity index (χ0v) is 11.1. The minimum atomic E-state index is -4.48. The molecule has 1 heterocycles. The van der Waals surface area contributed by atoms with Crippen LogP contribution in [0.15, 0.2) is 24.3 Å². The lowest BCUT2D eigenvalue weighted by molar-refractivity contribution is -0.153. The Morgan fingerprint density at radius 3 is 2.65 bits per heavy atom. The minimum Gasteiger partial charge on any atom is -0.387 e. The summed E-state index contributed by atoms with van der Waals surface area (Å²) in [6.07, 6.45) is -1.79. The molecule has 3 nitrogen and oxygen atoms in total. The first kappa shape index (κ1) is 14.7. The van der Waals surface area contributed by atoms with Gasteiger partial charge >= 0.3 is 6.18 Å². The van der Waals surface area contributed by atoms with E-state index < -0.39 is 17.9 Å². The Kier molecular flexibility index (Phi) is 4.20. The van der Waals surface area contributed by atoms with Gasteiger partial charge in [-0.15, -0.1) is 0 Å². The first-order valence-corrected chi connectivity index (χ1v) is 6.63. The number of benzene rings is 1. The van der Waals surface area contributed by atoms with E-state index in [2.05, 4.69) is 0 Å². The molecule has 1 aliphatic heterocycles. The van der Waals surface area contributed by atoms with Gasteiger partial charge in [0.2, 0.25) is 0 Å². The van der Waals surface area contributed by atoms with E-state index in [9.17, 15) is 13.2 Å². The Bertz CT molecular complexity index is 485. The molecule has 3 N–H and O–H groups in total. The van der Waals surface area contributed by atoms with E-state index in [4.69, 9.17) is 11.1 Å². The van der Waals surface area contributed by atoms with E-state index in [1.165, 1.54) is 0 Å². The smallest absolute Gasteiger partial charge is 0.387 e. The third-order valence-electron chi connectivity index (χ3n) is 3.63. The van der Waals surface area contributed by atoms with Gasteiger partial charge in [-0.25, -0.2) is 0 Å². The second-order valence-corrected chi connectivity index (χ2v) is 5.08. The van der Waals surface area contributed by atoms with E-state index >= 15 is 0 Å². The number of para-hydroxylation sites is 1. The van der Waals surface area contributed by atoms with Gasteiger partial charge in [0.25, 0.3) is 0 Å². The highest BCUT2D eigenvalue weighted by Gasteiger charge is 2.43. The number of amidine groups is 1. The molecular weight excluding hydrogens is 267 g/mol. The van der Waals surface area contributed by atoms with E-state index in [1.807, 2.05) is 24.3 Å². The molecule has 0 amide bonds. The number of hydrogen-bond acceptors (Lipinski definition) is 2. The summed E-state index contributed by atoms with van der Waals surface area (Å²) in [6.45, 7) is 0.284. The average Bonchev–Trinajstić information content (AvgIpc) is 2.56. The normalized spacial score (nSPS) is 17.2. The quantitative estimate of drug-likeness (QED) is 0.662. The van der Waals surface area contributed by atoms with Gasteiger partial charge in [0.1, 0.15) is 11.8 Å². The van der Waals surface area contributed by atoms with E-state index in [0.717, 1.165) is 30.5 Å². The molecule has 1 unspecified atom stereocenters. The first-order chi connectivity index (χ1) is 9.39. The van der Waals surface area contributed by atoms with E-state index in [1.54, 1.807) is 4.90 Å². The van der Waals surface area contributed by atoms with Crippen molar-refractivity contribution in [3.63, 3.8) is 0 Å². The molecule has 20 heavy (non-hydrogen) atoms. The van der Waals surface area contributed by atoms with Crippen LogP contribution in [0.3, 0.4) is 0 Å². The first-order valence-electron chi connectivity index (χ1n) is 6.63. The Morgan fingerprint density at radius 2 is 2.00 bits per heavy atom. The fourth-order valence-corrected chi connectivity index (χ4v) is 2.56. The second-order valence-electron chi connectivity index (χ2n) is 5.08. The van der Waals surface area contributed by atoms with Gasteiger partial charge in [0, 0.05) is 18.8 Å². The van der Waals surface area contributed by atoms with Gasteiger partial charge in [-0.05, 0) is 30.9 Å². The Labute approximate surface area is 116 Å². The van der Waals surface area contributed by atoms with Crippen LogP contribution in [0.2, 0.25) is 0 Å². The summed E-state index contributed by atoms with van der Waals surface area (Å²) in [5.74, 6) is -2.73. The molecule has 1 aliphatic rings. The van der Waals surface area contributed by atoms with Crippen molar-refractivity contribution in [2.75, 3.05) is 18.0 Å². The highest BCUT2D eigenvalue weighted by atomic mass is 19.4. The molecule has 0 saturated heterocycles. The van der Waals surface area contributed by atoms with Gasteiger partial charge in [-0.1, -0.05) is 18.2 Å². The molecule has 0 spiro atoms. The molecule has 2 rings (SSSR count). The van der Waals surface area contributed by atoms with Crippen LogP contribution in [-0.4, -0.2) is 25.1 Å². The SMILES string of the molecule is N=C(N)C(CN1CCCCc2ccccc21)C(F)(F)F. The molecule has 110 valence electrons. The number of alkyl halides is 3. The van der Waals surface area contributed by atoms with Crippen LogP contribution in [0.1, 0.15) is 18.4 Å². The van der Waals surface area contributed by atoms with Crippen molar-refractivity contribution in [1.29, 1.82) is 5.41 Å². The molecule has 1 aromatic rings. The predicted octanol–water partition coefficient (Wildman–Crippen LogP) is 2.94. The Morgan fingerprint density at radius 1 is 1.30 bits per heavy atom. The summed E-state index contributed by atoms with van der Waals surface area (Å²) in [7, 11) is 0. The Balaban J connectivity index is 2.26. The number of halogens is 3. The maximum atomic E-state index is 13.0. The minimum absolute atomic E-state index is 0.282. The van der Waals surface area contributed by atoms with Crippen molar-refractivity contribution in [3.8, 4) is 0 Å². The topological polar surface area (TPSA) is 53.1 Å². The number of nitrogens with two attached hydrogens (primary N) is 1. The predicted molar refractivity (Wildman–Crippen MR) is 73.1 cm³/mol. The lowest BCUT2D eigenvalue weighted by Gasteiger charge is -2.30. The highest BCUT2D eigenvalue weighted by molar-refractivity contribution is 5.81. The van der Waals surface area contributed by atoms with E-state index in [-0.39, 0.29) is 6.54 Å². The van der Waals surface area contributed by atoms with Crippen LogP contribution in [0.4, 0.5) is 18.9 Å². The van der Waals surface area contributed by atoms with Crippen LogP contribution in [0, 0.1) is 11.3 Å². The van der Waals surface area contributed by atoms with Gasteiger partial charge in [-0.3, -0.25) is 5.41 Å². The fraction of sp³-hybridized carbons (Fsp3) is 0.500. The van der Waals surface area contributed by atoms with Crippen LogP contribution in [0.5, 0.6) is 0 Å². The number of nitrogens with zero attached hydrogens (tertiary/aromatic N) is 1. The number of anilines is 1.